The first-order chi connectivity index (χ1) is 14.0. The second kappa shape index (κ2) is 7.31. The van der Waals surface area contributed by atoms with Gasteiger partial charge in [-0.3, -0.25) is 24.5 Å². The van der Waals surface area contributed by atoms with Crippen LogP contribution in [-0.2, 0) is 9.59 Å². The van der Waals surface area contributed by atoms with Gasteiger partial charge in [-0.25, -0.2) is 0 Å². The molecule has 3 heterocycles. The smallest absolute Gasteiger partial charge is 0.300 e. The molecular weight excluding hydrogens is 366 g/mol. The van der Waals surface area contributed by atoms with E-state index >= 15 is 0 Å². The molecule has 1 aromatic carbocycles. The number of Topliss-reactive ketones (excluding diaryl/α,β-unsaturated/α-hetero) is 1. The molecule has 0 bridgehead atoms. The second-order valence-corrected chi connectivity index (χ2v) is 6.90. The van der Waals surface area contributed by atoms with Crippen molar-refractivity contribution in [1.82, 2.24) is 9.97 Å². The van der Waals surface area contributed by atoms with Crippen molar-refractivity contribution in [3.8, 4) is 0 Å². The Balaban J connectivity index is 1.98. The van der Waals surface area contributed by atoms with Gasteiger partial charge in [0.25, 0.3) is 11.7 Å². The van der Waals surface area contributed by atoms with Crippen molar-refractivity contribution in [3.05, 3.63) is 95.1 Å². The van der Waals surface area contributed by atoms with Gasteiger partial charge in [-0.15, -0.1) is 0 Å². The Bertz CT molecular complexity index is 1120. The number of pyridine rings is 2. The number of ketones is 1. The van der Waals surface area contributed by atoms with Gasteiger partial charge in [-0.1, -0.05) is 12.1 Å². The first-order valence-corrected chi connectivity index (χ1v) is 9.18. The molecule has 1 aliphatic rings. The number of carbonyl (C=O) groups is 2. The van der Waals surface area contributed by atoms with E-state index < -0.39 is 17.7 Å². The molecule has 4 rings (SSSR count). The number of hydrogen-bond acceptors (Lipinski definition) is 5. The van der Waals surface area contributed by atoms with Crippen molar-refractivity contribution in [3.63, 3.8) is 0 Å². The molecule has 1 atom stereocenters. The van der Waals surface area contributed by atoms with Gasteiger partial charge in [0.1, 0.15) is 5.76 Å². The van der Waals surface area contributed by atoms with Crippen molar-refractivity contribution in [2.45, 2.75) is 19.9 Å². The van der Waals surface area contributed by atoms with E-state index in [2.05, 4.69) is 9.97 Å². The number of aliphatic hydroxyl groups is 1. The van der Waals surface area contributed by atoms with E-state index in [1.54, 1.807) is 36.7 Å². The lowest BCUT2D eigenvalue weighted by Gasteiger charge is -2.27. The van der Waals surface area contributed by atoms with Crippen molar-refractivity contribution in [1.29, 1.82) is 0 Å². The number of aryl methyl sites for hydroxylation is 1. The Kier molecular flexibility index (Phi) is 4.68. The fourth-order valence-electron chi connectivity index (χ4n) is 3.60. The molecule has 29 heavy (non-hydrogen) atoms. The maximum atomic E-state index is 13.1. The normalized spacial score (nSPS) is 18.3. The van der Waals surface area contributed by atoms with Crippen LogP contribution in [0.15, 0.2) is 72.8 Å². The number of aliphatic hydroxyl groups excluding tert-OH is 1. The zero-order chi connectivity index (χ0) is 20.5. The van der Waals surface area contributed by atoms with Gasteiger partial charge in [0.05, 0.1) is 11.6 Å². The van der Waals surface area contributed by atoms with Crippen molar-refractivity contribution < 1.29 is 14.7 Å². The predicted octanol–water partition coefficient (Wildman–Crippen LogP) is 3.72. The van der Waals surface area contributed by atoms with Gasteiger partial charge in [0.15, 0.2) is 0 Å². The summed E-state index contributed by atoms with van der Waals surface area (Å²) >= 11 is 0. The van der Waals surface area contributed by atoms with Gasteiger partial charge in [0.2, 0.25) is 0 Å². The Hall–Kier alpha value is -3.80. The van der Waals surface area contributed by atoms with Crippen LogP contribution >= 0.6 is 0 Å². The number of aromatic nitrogens is 2. The number of rotatable bonds is 3. The molecule has 1 unspecified atom stereocenters. The maximum absolute atomic E-state index is 13.1. The van der Waals surface area contributed by atoms with E-state index in [0.717, 1.165) is 11.1 Å². The van der Waals surface area contributed by atoms with Crippen molar-refractivity contribution in [2.24, 2.45) is 0 Å². The van der Waals surface area contributed by atoms with Gasteiger partial charge in [0, 0.05) is 36.0 Å². The van der Waals surface area contributed by atoms with Crippen LogP contribution in [0.1, 0.15) is 28.3 Å². The average Bonchev–Trinajstić information content (AvgIpc) is 3.01. The highest BCUT2D eigenvalue weighted by molar-refractivity contribution is 6.51. The standard InChI is InChI=1S/C23H19N3O3/c1-14-4-3-5-18(15(14)2)26-20(16-6-10-24-11-7-16)19(22(28)23(26)29)21(27)17-8-12-25-13-9-17/h3-13,20,27H,1-2H3/b21-19+. The quantitative estimate of drug-likeness (QED) is 0.422. The first kappa shape index (κ1) is 18.6. The molecule has 0 radical (unpaired) electrons. The zero-order valence-corrected chi connectivity index (χ0v) is 16.0. The molecule has 1 aliphatic heterocycles. The van der Waals surface area contributed by atoms with Crippen LogP contribution in [-0.4, -0.2) is 26.8 Å². The molecule has 1 N–H and O–H groups in total. The lowest BCUT2D eigenvalue weighted by Crippen LogP contribution is -2.30. The Morgan fingerprint density at radius 1 is 0.931 bits per heavy atom. The minimum absolute atomic E-state index is 0.0494. The third-order valence-electron chi connectivity index (χ3n) is 5.26. The van der Waals surface area contributed by atoms with Gasteiger partial charge < -0.3 is 5.11 Å². The molecule has 0 spiro atoms. The summed E-state index contributed by atoms with van der Waals surface area (Å²) in [6.45, 7) is 3.87. The summed E-state index contributed by atoms with van der Waals surface area (Å²) in [6.07, 6.45) is 6.25. The molecule has 1 fully saturated rings. The topological polar surface area (TPSA) is 83.4 Å². The highest BCUT2D eigenvalue weighted by Gasteiger charge is 2.47. The highest BCUT2D eigenvalue weighted by Crippen LogP contribution is 2.43. The van der Waals surface area contributed by atoms with E-state index in [0.29, 0.717) is 16.8 Å². The molecule has 3 aromatic rings. The van der Waals surface area contributed by atoms with E-state index in [4.69, 9.17) is 0 Å². The highest BCUT2D eigenvalue weighted by atomic mass is 16.3. The van der Waals surface area contributed by atoms with Crippen LogP contribution in [0, 0.1) is 13.8 Å². The van der Waals surface area contributed by atoms with Crippen LogP contribution in [0.5, 0.6) is 0 Å². The van der Waals surface area contributed by atoms with Gasteiger partial charge in [-0.05, 0) is 60.9 Å². The number of hydrogen-bond donors (Lipinski definition) is 1. The van der Waals surface area contributed by atoms with Crippen LogP contribution in [0.2, 0.25) is 0 Å². The minimum Gasteiger partial charge on any atom is -0.507 e. The molecule has 6 nitrogen and oxygen atoms in total. The molecule has 2 aromatic heterocycles. The first-order valence-electron chi connectivity index (χ1n) is 9.18. The van der Waals surface area contributed by atoms with E-state index in [9.17, 15) is 14.7 Å². The fraction of sp³-hybridized carbons (Fsp3) is 0.130. The van der Waals surface area contributed by atoms with E-state index in [-0.39, 0.29) is 11.3 Å². The minimum atomic E-state index is -0.758. The number of carbonyl (C=O) groups excluding carboxylic acids is 2. The van der Waals surface area contributed by atoms with E-state index in [1.807, 2.05) is 32.0 Å². The fourth-order valence-corrected chi connectivity index (χ4v) is 3.60. The van der Waals surface area contributed by atoms with Crippen LogP contribution in [0.4, 0.5) is 5.69 Å². The predicted molar refractivity (Wildman–Crippen MR) is 109 cm³/mol. The van der Waals surface area contributed by atoms with Crippen LogP contribution in [0.3, 0.4) is 0 Å². The SMILES string of the molecule is Cc1cccc(N2C(=O)C(=O)/C(=C(/O)c3ccncc3)C2c2ccncc2)c1C. The summed E-state index contributed by atoms with van der Waals surface area (Å²) < 4.78 is 0. The van der Waals surface area contributed by atoms with Crippen LogP contribution < -0.4 is 4.90 Å². The molecule has 0 aliphatic carbocycles. The largest absolute Gasteiger partial charge is 0.507 e. The Labute approximate surface area is 168 Å². The van der Waals surface area contributed by atoms with Gasteiger partial charge >= 0.3 is 0 Å². The monoisotopic (exact) mass is 385 g/mol. The summed E-state index contributed by atoms with van der Waals surface area (Å²) in [7, 11) is 0. The number of nitrogens with zero attached hydrogens (tertiary/aromatic N) is 3. The number of benzene rings is 1. The van der Waals surface area contributed by atoms with Crippen molar-refractivity contribution in [2.75, 3.05) is 4.90 Å². The van der Waals surface area contributed by atoms with Crippen molar-refractivity contribution >= 4 is 23.1 Å². The molecular formula is C23H19N3O3. The van der Waals surface area contributed by atoms with Gasteiger partial charge in [-0.2, -0.15) is 0 Å². The molecule has 144 valence electrons. The molecule has 0 saturated carbocycles. The molecule has 1 amide bonds. The summed E-state index contributed by atoms with van der Waals surface area (Å²) in [6, 6.07) is 11.6. The lowest BCUT2D eigenvalue weighted by atomic mass is 9.95. The summed E-state index contributed by atoms with van der Waals surface area (Å²) in [4.78, 5) is 35.6. The summed E-state index contributed by atoms with van der Waals surface area (Å²) in [5.41, 5.74) is 3.72. The lowest BCUT2D eigenvalue weighted by molar-refractivity contribution is -0.132. The molecule has 1 saturated heterocycles. The number of amides is 1. The third kappa shape index (κ3) is 3.08. The second-order valence-electron chi connectivity index (χ2n) is 6.90. The number of anilines is 1. The third-order valence-corrected chi connectivity index (χ3v) is 5.26. The van der Waals surface area contributed by atoms with Crippen LogP contribution in [0.25, 0.3) is 5.76 Å². The average molecular weight is 385 g/mol. The summed E-state index contributed by atoms with van der Waals surface area (Å²) in [5.74, 6) is -1.61. The van der Waals surface area contributed by atoms with E-state index in [1.165, 1.54) is 17.3 Å². The maximum Gasteiger partial charge on any atom is 0.300 e. The Morgan fingerprint density at radius 3 is 2.21 bits per heavy atom. The zero-order valence-electron chi connectivity index (χ0n) is 16.0. The Morgan fingerprint density at radius 2 is 1.55 bits per heavy atom. The molecule has 6 heteroatoms. The summed E-state index contributed by atoms with van der Waals surface area (Å²) in [5, 5.41) is 11.0.